The van der Waals surface area contributed by atoms with Crippen molar-refractivity contribution in [2.75, 3.05) is 25.3 Å². The Morgan fingerprint density at radius 3 is 2.77 bits per heavy atom. The van der Waals surface area contributed by atoms with Gasteiger partial charge in [0.1, 0.15) is 17.3 Å². The maximum atomic E-state index is 12.4. The molecule has 1 aliphatic rings. The minimum Gasteiger partial charge on any atom is -0.497 e. The van der Waals surface area contributed by atoms with Gasteiger partial charge in [0.2, 0.25) is 5.91 Å². The lowest BCUT2D eigenvalue weighted by atomic mass is 10.2. The Morgan fingerprint density at radius 1 is 1.31 bits per heavy atom. The summed E-state index contributed by atoms with van der Waals surface area (Å²) in [6.07, 6.45) is 3.38. The molecule has 1 aliphatic carbocycles. The molecule has 0 bridgehead atoms. The summed E-state index contributed by atoms with van der Waals surface area (Å²) in [6.45, 7) is 3.01. The number of aromatic nitrogens is 3. The zero-order valence-electron chi connectivity index (χ0n) is 15.3. The zero-order chi connectivity index (χ0) is 18.5. The van der Waals surface area contributed by atoms with Gasteiger partial charge in [-0.05, 0) is 31.4 Å². The summed E-state index contributed by atoms with van der Waals surface area (Å²) in [6, 6.07) is 5.30. The van der Waals surface area contributed by atoms with Crippen molar-refractivity contribution in [3.8, 4) is 11.5 Å². The van der Waals surface area contributed by atoms with Gasteiger partial charge in [-0.2, -0.15) is 0 Å². The lowest BCUT2D eigenvalue weighted by Gasteiger charge is -2.12. The fraction of sp³-hybridized carbons (Fsp3) is 0.500. The molecule has 3 rings (SSSR count). The Bertz CT molecular complexity index is 774. The summed E-state index contributed by atoms with van der Waals surface area (Å²) in [5.41, 5.74) is 0.589. The highest BCUT2D eigenvalue weighted by Crippen LogP contribution is 2.40. The molecular weight excluding hydrogens is 352 g/mol. The number of nitrogens with zero attached hydrogens (tertiary/aromatic N) is 3. The number of benzene rings is 1. The summed E-state index contributed by atoms with van der Waals surface area (Å²) in [7, 11) is 3.15. The van der Waals surface area contributed by atoms with Crippen LogP contribution in [0.1, 0.15) is 37.9 Å². The number of thioether (sulfide) groups is 1. The van der Waals surface area contributed by atoms with Crippen LogP contribution < -0.4 is 14.8 Å². The lowest BCUT2D eigenvalue weighted by Crippen LogP contribution is -2.15. The highest BCUT2D eigenvalue weighted by atomic mass is 32.2. The third kappa shape index (κ3) is 4.30. The summed E-state index contributed by atoms with van der Waals surface area (Å²) >= 11 is 1.41. The van der Waals surface area contributed by atoms with Gasteiger partial charge in [0, 0.05) is 18.5 Å². The van der Waals surface area contributed by atoms with E-state index < -0.39 is 0 Å². The van der Waals surface area contributed by atoms with Crippen LogP contribution in [0, 0.1) is 0 Å². The van der Waals surface area contributed by atoms with Crippen LogP contribution in [0.15, 0.2) is 23.4 Å². The van der Waals surface area contributed by atoms with Gasteiger partial charge in [0.15, 0.2) is 5.16 Å². The number of carbonyl (C=O) groups excluding carboxylic acids is 1. The van der Waals surface area contributed by atoms with Gasteiger partial charge >= 0.3 is 0 Å². The van der Waals surface area contributed by atoms with E-state index in [1.807, 2.05) is 0 Å². The first-order valence-electron chi connectivity index (χ1n) is 8.74. The fourth-order valence-electron chi connectivity index (χ4n) is 2.71. The van der Waals surface area contributed by atoms with E-state index in [9.17, 15) is 4.79 Å². The van der Waals surface area contributed by atoms with E-state index in [0.717, 1.165) is 23.9 Å². The van der Waals surface area contributed by atoms with Crippen molar-refractivity contribution < 1.29 is 14.3 Å². The molecule has 1 aromatic carbocycles. The van der Waals surface area contributed by atoms with Gasteiger partial charge < -0.3 is 19.4 Å². The molecule has 8 heteroatoms. The van der Waals surface area contributed by atoms with Crippen LogP contribution in [0.25, 0.3) is 0 Å². The van der Waals surface area contributed by atoms with Gasteiger partial charge in [-0.3, -0.25) is 4.79 Å². The number of nitrogens with one attached hydrogen (secondary N) is 1. The molecular formula is C18H24N4O3S. The standard InChI is InChI=1S/C18H24N4O3S/c1-4-9-22-17(12-5-6-12)20-21-18(22)26-11-16(23)19-14-10-13(24-2)7-8-15(14)25-3/h7-8,10,12H,4-6,9,11H2,1-3H3,(H,19,23). The Hall–Kier alpha value is -2.22. The van der Waals surface area contributed by atoms with E-state index in [-0.39, 0.29) is 11.7 Å². The molecule has 1 fully saturated rings. The Balaban J connectivity index is 1.64. The predicted molar refractivity (Wildman–Crippen MR) is 101 cm³/mol. The second-order valence-corrected chi connectivity index (χ2v) is 7.11. The smallest absolute Gasteiger partial charge is 0.234 e. The van der Waals surface area contributed by atoms with Crippen molar-refractivity contribution >= 4 is 23.4 Å². The molecule has 1 saturated carbocycles. The number of amides is 1. The first-order chi connectivity index (χ1) is 12.7. The van der Waals surface area contributed by atoms with Gasteiger partial charge in [-0.25, -0.2) is 0 Å². The average molecular weight is 376 g/mol. The van der Waals surface area contributed by atoms with Gasteiger partial charge in [-0.15, -0.1) is 10.2 Å². The number of anilines is 1. The molecule has 140 valence electrons. The molecule has 26 heavy (non-hydrogen) atoms. The molecule has 1 amide bonds. The van der Waals surface area contributed by atoms with Crippen LogP contribution >= 0.6 is 11.8 Å². The molecule has 1 heterocycles. The quantitative estimate of drug-likeness (QED) is 0.677. The zero-order valence-corrected chi connectivity index (χ0v) is 16.1. The number of methoxy groups -OCH3 is 2. The van der Waals surface area contributed by atoms with Crippen LogP contribution in [-0.2, 0) is 11.3 Å². The normalized spacial score (nSPS) is 13.5. The van der Waals surface area contributed by atoms with Gasteiger partial charge in [0.25, 0.3) is 0 Å². The van der Waals surface area contributed by atoms with E-state index in [1.54, 1.807) is 32.4 Å². The summed E-state index contributed by atoms with van der Waals surface area (Å²) in [5, 5.41) is 12.3. The third-order valence-corrected chi connectivity index (χ3v) is 5.12. The van der Waals surface area contributed by atoms with E-state index in [2.05, 4.69) is 27.0 Å². The first-order valence-corrected chi connectivity index (χ1v) is 9.72. The van der Waals surface area contributed by atoms with Crippen LogP contribution in [0.2, 0.25) is 0 Å². The second-order valence-electron chi connectivity index (χ2n) is 6.17. The molecule has 0 atom stereocenters. The molecule has 2 aromatic rings. The fourth-order valence-corrected chi connectivity index (χ4v) is 3.48. The Labute approximate surface area is 157 Å². The Kier molecular flexibility index (Phi) is 6.03. The van der Waals surface area contributed by atoms with Gasteiger partial charge in [-0.1, -0.05) is 18.7 Å². The average Bonchev–Trinajstić information content (AvgIpc) is 3.42. The van der Waals surface area contributed by atoms with Crippen LogP contribution in [0.5, 0.6) is 11.5 Å². The van der Waals surface area contributed by atoms with Crippen LogP contribution in [-0.4, -0.2) is 40.6 Å². The number of ether oxygens (including phenoxy) is 2. The van der Waals surface area contributed by atoms with Crippen LogP contribution in [0.4, 0.5) is 5.69 Å². The van der Waals surface area contributed by atoms with Crippen molar-refractivity contribution in [3.05, 3.63) is 24.0 Å². The van der Waals surface area contributed by atoms with E-state index >= 15 is 0 Å². The summed E-state index contributed by atoms with van der Waals surface area (Å²) < 4.78 is 12.7. The van der Waals surface area contributed by atoms with Crippen molar-refractivity contribution in [3.63, 3.8) is 0 Å². The van der Waals surface area contributed by atoms with E-state index in [4.69, 9.17) is 9.47 Å². The molecule has 0 saturated heterocycles. The predicted octanol–water partition coefficient (Wildman–Crippen LogP) is 3.31. The van der Waals surface area contributed by atoms with Crippen molar-refractivity contribution in [2.24, 2.45) is 0 Å². The molecule has 7 nitrogen and oxygen atoms in total. The number of carbonyl (C=O) groups is 1. The minimum absolute atomic E-state index is 0.124. The molecule has 0 radical (unpaired) electrons. The highest BCUT2D eigenvalue weighted by Gasteiger charge is 2.30. The first kappa shape index (κ1) is 18.6. The SMILES string of the molecule is CCCn1c(SCC(=O)Nc2cc(OC)ccc2OC)nnc1C1CC1. The van der Waals surface area contributed by atoms with Crippen molar-refractivity contribution in [2.45, 2.75) is 43.8 Å². The van der Waals surface area contributed by atoms with Crippen LogP contribution in [0.3, 0.4) is 0 Å². The number of hydrogen-bond donors (Lipinski definition) is 1. The van der Waals surface area contributed by atoms with E-state index in [0.29, 0.717) is 23.1 Å². The second kappa shape index (κ2) is 8.44. The molecule has 1 N–H and O–H groups in total. The highest BCUT2D eigenvalue weighted by molar-refractivity contribution is 7.99. The largest absolute Gasteiger partial charge is 0.497 e. The minimum atomic E-state index is -0.124. The number of hydrogen-bond acceptors (Lipinski definition) is 6. The monoisotopic (exact) mass is 376 g/mol. The lowest BCUT2D eigenvalue weighted by molar-refractivity contribution is -0.113. The molecule has 0 spiro atoms. The van der Waals surface area contributed by atoms with E-state index in [1.165, 1.54) is 24.6 Å². The summed E-state index contributed by atoms with van der Waals surface area (Å²) in [5.74, 6) is 2.98. The maximum Gasteiger partial charge on any atom is 0.234 e. The molecule has 0 unspecified atom stereocenters. The third-order valence-electron chi connectivity index (χ3n) is 4.15. The maximum absolute atomic E-state index is 12.4. The van der Waals surface area contributed by atoms with Crippen molar-refractivity contribution in [1.29, 1.82) is 0 Å². The topological polar surface area (TPSA) is 78.3 Å². The molecule has 1 aromatic heterocycles. The summed E-state index contributed by atoms with van der Waals surface area (Å²) in [4.78, 5) is 12.4. The Morgan fingerprint density at radius 2 is 2.12 bits per heavy atom. The molecule has 0 aliphatic heterocycles. The number of rotatable bonds is 9. The van der Waals surface area contributed by atoms with Gasteiger partial charge in [0.05, 0.1) is 25.7 Å². The van der Waals surface area contributed by atoms with Crippen molar-refractivity contribution in [1.82, 2.24) is 14.8 Å².